The van der Waals surface area contributed by atoms with Crippen LogP contribution in [-0.4, -0.2) is 23.5 Å². The number of rotatable bonds is 6. The van der Waals surface area contributed by atoms with Crippen LogP contribution in [0.25, 0.3) is 17.3 Å². The van der Waals surface area contributed by atoms with E-state index in [1.165, 1.54) is 17.4 Å². The fraction of sp³-hybridized carbons (Fsp3) is 0.0500. The first kappa shape index (κ1) is 21.3. The Bertz CT molecular complexity index is 1070. The highest BCUT2D eigenvalue weighted by atomic mass is 35.5. The predicted octanol–water partition coefficient (Wildman–Crippen LogP) is 5.97. The van der Waals surface area contributed by atoms with Gasteiger partial charge < -0.3 is 4.74 Å². The Kier molecular flexibility index (Phi) is 7.28. The summed E-state index contributed by atoms with van der Waals surface area (Å²) >= 11 is 19.0. The van der Waals surface area contributed by atoms with Crippen molar-refractivity contribution in [1.82, 2.24) is 4.98 Å². The van der Waals surface area contributed by atoms with Gasteiger partial charge >= 0.3 is 5.97 Å². The molecule has 0 aliphatic carbocycles. The Morgan fingerprint density at radius 1 is 1.07 bits per heavy atom. The molecule has 0 fully saturated rings. The SMILES string of the molecule is O=C(COC(=O)C=Cc1ccc(Cl)cc1)Nc1nc(-c2ccc(Cl)c(Cl)c2)cs1. The molecule has 148 valence electrons. The molecule has 0 aliphatic rings. The predicted molar refractivity (Wildman–Crippen MR) is 118 cm³/mol. The molecule has 9 heteroatoms. The smallest absolute Gasteiger partial charge is 0.331 e. The van der Waals surface area contributed by atoms with Gasteiger partial charge in [-0.15, -0.1) is 11.3 Å². The van der Waals surface area contributed by atoms with Gasteiger partial charge in [-0.2, -0.15) is 0 Å². The van der Waals surface area contributed by atoms with Crippen molar-refractivity contribution in [3.63, 3.8) is 0 Å². The third-order valence-electron chi connectivity index (χ3n) is 3.59. The summed E-state index contributed by atoms with van der Waals surface area (Å²) in [7, 11) is 0. The minimum atomic E-state index is -0.634. The summed E-state index contributed by atoms with van der Waals surface area (Å²) in [6, 6.07) is 12.1. The van der Waals surface area contributed by atoms with Crippen LogP contribution in [0.1, 0.15) is 5.56 Å². The summed E-state index contributed by atoms with van der Waals surface area (Å²) in [5, 5.41) is 6.21. The standard InChI is InChI=1S/C20H13Cl3N2O3S/c21-14-5-1-12(2-6-14)3-8-19(27)28-10-18(26)25-20-24-17(11-29-20)13-4-7-15(22)16(23)9-13/h1-9,11H,10H2,(H,24,25,26). The Balaban J connectivity index is 1.50. The van der Waals surface area contributed by atoms with E-state index in [1.54, 1.807) is 53.9 Å². The van der Waals surface area contributed by atoms with E-state index in [1.807, 2.05) is 0 Å². The third kappa shape index (κ3) is 6.30. The number of carbonyl (C=O) groups excluding carboxylic acids is 2. The molecule has 0 saturated carbocycles. The lowest BCUT2D eigenvalue weighted by atomic mass is 10.2. The molecule has 0 aliphatic heterocycles. The highest BCUT2D eigenvalue weighted by Crippen LogP contribution is 2.30. The molecule has 0 unspecified atom stereocenters. The molecule has 1 aromatic heterocycles. The Hall–Kier alpha value is -2.38. The maximum absolute atomic E-state index is 12.0. The van der Waals surface area contributed by atoms with E-state index < -0.39 is 18.5 Å². The summed E-state index contributed by atoms with van der Waals surface area (Å²) in [6.07, 6.45) is 2.81. The van der Waals surface area contributed by atoms with E-state index in [0.29, 0.717) is 25.9 Å². The second kappa shape index (κ2) is 9.89. The van der Waals surface area contributed by atoms with Crippen molar-refractivity contribution in [3.8, 4) is 11.3 Å². The maximum Gasteiger partial charge on any atom is 0.331 e. The first-order chi connectivity index (χ1) is 13.9. The molecule has 1 N–H and O–H groups in total. The van der Waals surface area contributed by atoms with Gasteiger partial charge in [0, 0.05) is 22.0 Å². The second-order valence-corrected chi connectivity index (χ2v) is 7.82. The van der Waals surface area contributed by atoms with Crippen LogP contribution in [0.2, 0.25) is 15.1 Å². The molecular formula is C20H13Cl3N2O3S. The molecule has 3 aromatic rings. The summed E-state index contributed by atoms with van der Waals surface area (Å²) in [5.74, 6) is -1.13. The third-order valence-corrected chi connectivity index (χ3v) is 5.34. The lowest BCUT2D eigenvalue weighted by molar-refractivity contribution is -0.142. The summed E-state index contributed by atoms with van der Waals surface area (Å²) in [5.41, 5.74) is 2.20. The number of carbonyl (C=O) groups is 2. The molecular weight excluding hydrogens is 455 g/mol. The van der Waals surface area contributed by atoms with Crippen LogP contribution in [0.3, 0.4) is 0 Å². The minimum Gasteiger partial charge on any atom is -0.452 e. The van der Waals surface area contributed by atoms with Crippen molar-refractivity contribution >= 4 is 69.2 Å². The van der Waals surface area contributed by atoms with Gasteiger partial charge in [-0.3, -0.25) is 10.1 Å². The van der Waals surface area contributed by atoms with E-state index in [2.05, 4.69) is 10.3 Å². The number of thiazole rings is 1. The number of anilines is 1. The monoisotopic (exact) mass is 466 g/mol. The van der Waals surface area contributed by atoms with E-state index >= 15 is 0 Å². The second-order valence-electron chi connectivity index (χ2n) is 5.71. The van der Waals surface area contributed by atoms with Gasteiger partial charge in [0.1, 0.15) is 0 Å². The average Bonchev–Trinajstić information content (AvgIpc) is 3.16. The van der Waals surface area contributed by atoms with Gasteiger partial charge in [0.2, 0.25) is 0 Å². The van der Waals surface area contributed by atoms with Crippen LogP contribution in [0, 0.1) is 0 Å². The number of amides is 1. The first-order valence-electron chi connectivity index (χ1n) is 8.22. The van der Waals surface area contributed by atoms with Crippen molar-refractivity contribution < 1.29 is 14.3 Å². The van der Waals surface area contributed by atoms with Gasteiger partial charge in [0.15, 0.2) is 11.7 Å². The molecule has 0 bridgehead atoms. The lowest BCUT2D eigenvalue weighted by Crippen LogP contribution is -2.20. The molecule has 0 radical (unpaired) electrons. The van der Waals surface area contributed by atoms with Crippen molar-refractivity contribution in [2.75, 3.05) is 11.9 Å². The Morgan fingerprint density at radius 3 is 2.55 bits per heavy atom. The van der Waals surface area contributed by atoms with E-state index in [-0.39, 0.29) is 0 Å². The summed E-state index contributed by atoms with van der Waals surface area (Å²) in [4.78, 5) is 28.0. The molecule has 29 heavy (non-hydrogen) atoms. The maximum atomic E-state index is 12.0. The number of aromatic nitrogens is 1. The quantitative estimate of drug-likeness (QED) is 0.358. The first-order valence-corrected chi connectivity index (χ1v) is 10.2. The van der Waals surface area contributed by atoms with Gasteiger partial charge in [-0.05, 0) is 35.9 Å². The number of halogens is 3. The van der Waals surface area contributed by atoms with Crippen molar-refractivity contribution in [2.24, 2.45) is 0 Å². The van der Waals surface area contributed by atoms with Crippen LogP contribution >= 0.6 is 46.1 Å². The highest BCUT2D eigenvalue weighted by Gasteiger charge is 2.11. The zero-order valence-electron chi connectivity index (χ0n) is 14.7. The molecule has 3 rings (SSSR count). The van der Waals surface area contributed by atoms with Crippen LogP contribution in [0.4, 0.5) is 5.13 Å². The lowest BCUT2D eigenvalue weighted by Gasteiger charge is -2.02. The number of ether oxygens (including phenoxy) is 1. The molecule has 0 atom stereocenters. The number of esters is 1. The summed E-state index contributed by atoms with van der Waals surface area (Å²) < 4.78 is 4.92. The van der Waals surface area contributed by atoms with Gasteiger partial charge in [-0.1, -0.05) is 53.0 Å². The van der Waals surface area contributed by atoms with Crippen molar-refractivity contribution in [2.45, 2.75) is 0 Å². The van der Waals surface area contributed by atoms with Crippen LogP contribution in [0.5, 0.6) is 0 Å². The average molecular weight is 468 g/mol. The van der Waals surface area contributed by atoms with Gasteiger partial charge in [0.25, 0.3) is 5.91 Å². The van der Waals surface area contributed by atoms with Crippen LogP contribution < -0.4 is 5.32 Å². The van der Waals surface area contributed by atoms with Gasteiger partial charge in [-0.25, -0.2) is 9.78 Å². The highest BCUT2D eigenvalue weighted by molar-refractivity contribution is 7.14. The van der Waals surface area contributed by atoms with Gasteiger partial charge in [0.05, 0.1) is 15.7 Å². The molecule has 5 nitrogen and oxygen atoms in total. The van der Waals surface area contributed by atoms with Crippen molar-refractivity contribution in [1.29, 1.82) is 0 Å². The minimum absolute atomic E-state index is 0.379. The Morgan fingerprint density at radius 2 is 1.83 bits per heavy atom. The molecule has 1 amide bonds. The fourth-order valence-electron chi connectivity index (χ4n) is 2.20. The zero-order valence-corrected chi connectivity index (χ0v) is 17.8. The normalized spacial score (nSPS) is 10.9. The topological polar surface area (TPSA) is 68.3 Å². The van der Waals surface area contributed by atoms with E-state index in [0.717, 1.165) is 11.1 Å². The largest absolute Gasteiger partial charge is 0.452 e. The fourth-order valence-corrected chi connectivity index (χ4v) is 3.36. The van der Waals surface area contributed by atoms with E-state index in [9.17, 15) is 9.59 Å². The molecule has 2 aromatic carbocycles. The molecule has 0 spiro atoms. The van der Waals surface area contributed by atoms with Crippen LogP contribution in [0.15, 0.2) is 53.9 Å². The zero-order chi connectivity index (χ0) is 20.8. The number of nitrogens with zero attached hydrogens (tertiary/aromatic N) is 1. The molecule has 0 saturated heterocycles. The van der Waals surface area contributed by atoms with E-state index in [4.69, 9.17) is 39.5 Å². The number of nitrogens with one attached hydrogen (secondary N) is 1. The number of hydrogen-bond donors (Lipinski definition) is 1. The Labute approximate surface area is 185 Å². The molecule has 1 heterocycles. The van der Waals surface area contributed by atoms with Crippen LogP contribution in [-0.2, 0) is 14.3 Å². The van der Waals surface area contributed by atoms with Crippen molar-refractivity contribution in [3.05, 3.63) is 74.6 Å². The number of hydrogen-bond acceptors (Lipinski definition) is 5. The summed E-state index contributed by atoms with van der Waals surface area (Å²) in [6.45, 7) is -0.425. The number of benzene rings is 2.